The molecule has 0 saturated heterocycles. The molecule has 1 aromatic heterocycles. The molecule has 2 rings (SSSR count). The minimum absolute atomic E-state index is 0.0607. The van der Waals surface area contributed by atoms with Crippen LogP contribution < -0.4 is 0 Å². The predicted molar refractivity (Wildman–Crippen MR) is 87.9 cm³/mol. The van der Waals surface area contributed by atoms with Crippen LogP contribution in [-0.2, 0) is 18.4 Å². The maximum absolute atomic E-state index is 13.8. The Morgan fingerprint density at radius 2 is 2.26 bits per heavy atom. The van der Waals surface area contributed by atoms with Gasteiger partial charge in [-0.25, -0.2) is 4.39 Å². The standard InChI is InChI=1S/C16H17BrFN3O2/c1-3-16(23)21(9-14-12(17)8-20(2)19-14)10-15(22)11-6-4-5-7-13(11)18/h3-8,15,22H,1,9-10H2,2H3. The van der Waals surface area contributed by atoms with Gasteiger partial charge in [0.1, 0.15) is 5.82 Å². The molecule has 5 nitrogen and oxygen atoms in total. The molecule has 0 fully saturated rings. The van der Waals surface area contributed by atoms with Crippen LogP contribution in [0.3, 0.4) is 0 Å². The number of aliphatic hydroxyl groups is 1. The number of nitrogens with zero attached hydrogens (tertiary/aromatic N) is 3. The lowest BCUT2D eigenvalue weighted by atomic mass is 10.1. The number of aliphatic hydroxyl groups excluding tert-OH is 1. The SMILES string of the molecule is C=CC(=O)N(Cc1nn(C)cc1Br)CC(O)c1ccccc1F. The number of carbonyl (C=O) groups excluding carboxylic acids is 1. The highest BCUT2D eigenvalue weighted by atomic mass is 79.9. The maximum Gasteiger partial charge on any atom is 0.246 e. The number of benzene rings is 1. The van der Waals surface area contributed by atoms with E-state index in [1.807, 2.05) is 0 Å². The normalized spacial score (nSPS) is 12.0. The predicted octanol–water partition coefficient (Wildman–Crippen LogP) is 2.57. The summed E-state index contributed by atoms with van der Waals surface area (Å²) in [5.74, 6) is -0.872. The Bertz CT molecular complexity index is 717. The van der Waals surface area contributed by atoms with E-state index in [0.717, 1.165) is 10.5 Å². The smallest absolute Gasteiger partial charge is 0.246 e. The van der Waals surface area contributed by atoms with Crippen LogP contribution in [0.1, 0.15) is 17.4 Å². The number of hydrogen-bond acceptors (Lipinski definition) is 3. The zero-order chi connectivity index (χ0) is 17.0. The van der Waals surface area contributed by atoms with E-state index in [1.54, 1.807) is 30.1 Å². The van der Waals surface area contributed by atoms with Gasteiger partial charge in [-0.2, -0.15) is 5.10 Å². The molecule has 7 heteroatoms. The maximum atomic E-state index is 13.8. The molecule has 0 spiro atoms. The van der Waals surface area contributed by atoms with Gasteiger partial charge in [0.25, 0.3) is 0 Å². The van der Waals surface area contributed by atoms with E-state index in [1.165, 1.54) is 17.0 Å². The first-order valence-corrected chi connectivity index (χ1v) is 7.73. The average Bonchev–Trinajstić information content (AvgIpc) is 2.83. The summed E-state index contributed by atoms with van der Waals surface area (Å²) in [6, 6.07) is 5.95. The van der Waals surface area contributed by atoms with Crippen LogP contribution in [0.15, 0.2) is 47.6 Å². The minimum Gasteiger partial charge on any atom is -0.386 e. The molecule has 2 aromatic rings. The topological polar surface area (TPSA) is 58.4 Å². The molecule has 0 aliphatic carbocycles. The van der Waals surface area contributed by atoms with E-state index in [4.69, 9.17) is 0 Å². The van der Waals surface area contributed by atoms with Gasteiger partial charge in [0.05, 0.1) is 29.4 Å². The van der Waals surface area contributed by atoms with Crippen LogP contribution >= 0.6 is 15.9 Å². The van der Waals surface area contributed by atoms with Crippen molar-refractivity contribution >= 4 is 21.8 Å². The molecule has 0 saturated carbocycles. The Labute approximate surface area is 142 Å². The van der Waals surface area contributed by atoms with Gasteiger partial charge in [-0.1, -0.05) is 24.8 Å². The van der Waals surface area contributed by atoms with E-state index in [-0.39, 0.29) is 24.6 Å². The van der Waals surface area contributed by atoms with Gasteiger partial charge >= 0.3 is 0 Å². The van der Waals surface area contributed by atoms with Gasteiger partial charge in [-0.3, -0.25) is 9.48 Å². The van der Waals surface area contributed by atoms with Crippen LogP contribution in [0.5, 0.6) is 0 Å². The van der Waals surface area contributed by atoms with E-state index < -0.39 is 11.9 Å². The summed E-state index contributed by atoms with van der Waals surface area (Å²) in [7, 11) is 1.77. The fourth-order valence-electron chi connectivity index (χ4n) is 2.21. The van der Waals surface area contributed by atoms with Crippen molar-refractivity contribution < 1.29 is 14.3 Å². The van der Waals surface area contributed by atoms with Crippen LogP contribution in [0.4, 0.5) is 4.39 Å². The first-order valence-electron chi connectivity index (χ1n) is 6.94. The van der Waals surface area contributed by atoms with Gasteiger partial charge in [-0.05, 0) is 28.1 Å². The summed E-state index contributed by atoms with van der Waals surface area (Å²) in [5, 5.41) is 14.5. The number of amides is 1. The number of aromatic nitrogens is 2. The molecule has 0 aliphatic rings. The zero-order valence-electron chi connectivity index (χ0n) is 12.6. The van der Waals surface area contributed by atoms with Gasteiger partial charge < -0.3 is 10.0 Å². The Hall–Kier alpha value is -1.99. The summed E-state index contributed by atoms with van der Waals surface area (Å²) >= 11 is 3.37. The Morgan fingerprint density at radius 3 is 2.83 bits per heavy atom. The highest BCUT2D eigenvalue weighted by Gasteiger charge is 2.21. The highest BCUT2D eigenvalue weighted by molar-refractivity contribution is 9.10. The summed E-state index contributed by atoms with van der Waals surface area (Å²) < 4.78 is 16.1. The minimum atomic E-state index is -1.14. The molecule has 1 heterocycles. The molecule has 1 atom stereocenters. The monoisotopic (exact) mass is 381 g/mol. The lowest BCUT2D eigenvalue weighted by Crippen LogP contribution is -2.33. The highest BCUT2D eigenvalue weighted by Crippen LogP contribution is 2.21. The third-order valence-corrected chi connectivity index (χ3v) is 4.00. The fraction of sp³-hybridized carbons (Fsp3) is 0.250. The average molecular weight is 382 g/mol. The molecule has 1 aromatic carbocycles. The van der Waals surface area contributed by atoms with E-state index in [0.29, 0.717) is 5.69 Å². The van der Waals surface area contributed by atoms with Crippen molar-refractivity contribution in [1.29, 1.82) is 0 Å². The molecule has 1 N–H and O–H groups in total. The first-order chi connectivity index (χ1) is 10.9. The largest absolute Gasteiger partial charge is 0.386 e. The van der Waals surface area contributed by atoms with Crippen LogP contribution in [-0.4, -0.2) is 32.2 Å². The molecule has 1 unspecified atom stereocenters. The fourth-order valence-corrected chi connectivity index (χ4v) is 2.71. The quantitative estimate of drug-likeness (QED) is 0.782. The van der Waals surface area contributed by atoms with Crippen LogP contribution in [0.2, 0.25) is 0 Å². The number of hydrogen-bond donors (Lipinski definition) is 1. The molecule has 0 aliphatic heterocycles. The number of carbonyl (C=O) groups is 1. The zero-order valence-corrected chi connectivity index (χ0v) is 14.2. The van der Waals surface area contributed by atoms with E-state index in [2.05, 4.69) is 27.6 Å². The van der Waals surface area contributed by atoms with Crippen molar-refractivity contribution in [2.75, 3.05) is 6.54 Å². The van der Waals surface area contributed by atoms with Crippen molar-refractivity contribution in [3.05, 3.63) is 64.7 Å². The second-order valence-electron chi connectivity index (χ2n) is 5.06. The molecular formula is C16H17BrFN3O2. The summed E-state index contributed by atoms with van der Waals surface area (Å²) in [6.45, 7) is 3.58. The molecule has 1 amide bonds. The molecule has 0 bridgehead atoms. The lowest BCUT2D eigenvalue weighted by molar-refractivity contribution is -0.128. The third-order valence-electron chi connectivity index (χ3n) is 3.34. The van der Waals surface area contributed by atoms with Gasteiger partial charge in [-0.15, -0.1) is 0 Å². The Kier molecular flexibility index (Phi) is 5.68. The van der Waals surface area contributed by atoms with Crippen molar-refractivity contribution in [3.8, 4) is 0 Å². The number of halogens is 2. The van der Waals surface area contributed by atoms with Crippen molar-refractivity contribution in [3.63, 3.8) is 0 Å². The van der Waals surface area contributed by atoms with Crippen molar-refractivity contribution in [2.45, 2.75) is 12.6 Å². The van der Waals surface area contributed by atoms with Gasteiger partial charge in [0.2, 0.25) is 5.91 Å². The molecule has 122 valence electrons. The van der Waals surface area contributed by atoms with Gasteiger partial charge in [0, 0.05) is 18.8 Å². The number of rotatable bonds is 6. The molecule has 0 radical (unpaired) electrons. The second kappa shape index (κ2) is 7.52. The molecule has 23 heavy (non-hydrogen) atoms. The summed E-state index contributed by atoms with van der Waals surface area (Å²) in [5.41, 5.74) is 0.790. The van der Waals surface area contributed by atoms with E-state index >= 15 is 0 Å². The van der Waals surface area contributed by atoms with Crippen LogP contribution in [0, 0.1) is 5.82 Å². The van der Waals surface area contributed by atoms with Crippen molar-refractivity contribution in [1.82, 2.24) is 14.7 Å². The molecular weight excluding hydrogens is 365 g/mol. The van der Waals surface area contributed by atoms with E-state index in [9.17, 15) is 14.3 Å². The van der Waals surface area contributed by atoms with Gasteiger partial charge in [0.15, 0.2) is 0 Å². The summed E-state index contributed by atoms with van der Waals surface area (Å²) in [4.78, 5) is 13.4. The number of aryl methyl sites for hydroxylation is 1. The Balaban J connectivity index is 2.19. The summed E-state index contributed by atoms with van der Waals surface area (Å²) in [6.07, 6.45) is 1.78. The Morgan fingerprint density at radius 1 is 1.57 bits per heavy atom. The third kappa shape index (κ3) is 4.27. The van der Waals surface area contributed by atoms with Crippen LogP contribution in [0.25, 0.3) is 0 Å². The lowest BCUT2D eigenvalue weighted by Gasteiger charge is -2.24. The first kappa shape index (κ1) is 17.4. The second-order valence-corrected chi connectivity index (χ2v) is 5.91. The van der Waals surface area contributed by atoms with Crippen molar-refractivity contribution in [2.24, 2.45) is 7.05 Å².